The van der Waals surface area contributed by atoms with Crippen molar-refractivity contribution in [2.24, 2.45) is 0 Å². The molecule has 0 unspecified atom stereocenters. The fraction of sp³-hybridized carbons (Fsp3) is 0.417. The van der Waals surface area contributed by atoms with Crippen LogP contribution in [-0.4, -0.2) is 19.5 Å². The molecule has 1 aromatic rings. The SMILES string of the molecule is CNC(=O)CCCNc1ccccc1C. The van der Waals surface area contributed by atoms with Gasteiger partial charge in [-0.3, -0.25) is 4.79 Å². The molecule has 1 rings (SSSR count). The molecule has 0 heterocycles. The monoisotopic (exact) mass is 206 g/mol. The first-order valence-electron chi connectivity index (χ1n) is 5.24. The largest absolute Gasteiger partial charge is 0.385 e. The molecule has 0 aliphatic rings. The highest BCUT2D eigenvalue weighted by Crippen LogP contribution is 2.12. The number of carbonyl (C=O) groups is 1. The highest BCUT2D eigenvalue weighted by Gasteiger charge is 1.98. The van der Waals surface area contributed by atoms with E-state index in [9.17, 15) is 4.79 Å². The Hall–Kier alpha value is -1.51. The first kappa shape index (κ1) is 11.6. The summed E-state index contributed by atoms with van der Waals surface area (Å²) in [5, 5.41) is 5.92. The Bertz CT molecular complexity index is 323. The molecular weight excluding hydrogens is 188 g/mol. The Morgan fingerprint density at radius 2 is 2.07 bits per heavy atom. The van der Waals surface area contributed by atoms with Crippen LogP contribution in [0.25, 0.3) is 0 Å². The van der Waals surface area contributed by atoms with Gasteiger partial charge in [0.05, 0.1) is 0 Å². The van der Waals surface area contributed by atoms with Gasteiger partial charge >= 0.3 is 0 Å². The van der Waals surface area contributed by atoms with E-state index in [1.54, 1.807) is 7.05 Å². The molecule has 1 amide bonds. The molecule has 0 aromatic heterocycles. The molecule has 82 valence electrons. The van der Waals surface area contributed by atoms with Crippen molar-refractivity contribution in [2.45, 2.75) is 19.8 Å². The minimum absolute atomic E-state index is 0.0987. The number of nitrogens with one attached hydrogen (secondary N) is 2. The zero-order valence-corrected chi connectivity index (χ0v) is 9.34. The lowest BCUT2D eigenvalue weighted by Gasteiger charge is -2.08. The lowest BCUT2D eigenvalue weighted by Crippen LogP contribution is -2.18. The third kappa shape index (κ3) is 4.02. The number of hydrogen-bond acceptors (Lipinski definition) is 2. The molecule has 3 heteroatoms. The van der Waals surface area contributed by atoms with Gasteiger partial charge in [0.25, 0.3) is 0 Å². The van der Waals surface area contributed by atoms with Crippen LogP contribution in [0.3, 0.4) is 0 Å². The van der Waals surface area contributed by atoms with Crippen molar-refractivity contribution < 1.29 is 4.79 Å². The maximum absolute atomic E-state index is 11.0. The molecule has 1 aromatic carbocycles. The highest BCUT2D eigenvalue weighted by atomic mass is 16.1. The minimum Gasteiger partial charge on any atom is -0.385 e. The molecule has 0 bridgehead atoms. The molecule has 0 fully saturated rings. The summed E-state index contributed by atoms with van der Waals surface area (Å²) in [6, 6.07) is 8.15. The van der Waals surface area contributed by atoms with Gasteiger partial charge in [0.15, 0.2) is 0 Å². The second-order valence-electron chi connectivity index (χ2n) is 3.52. The van der Waals surface area contributed by atoms with E-state index in [2.05, 4.69) is 29.7 Å². The Labute approximate surface area is 90.9 Å². The van der Waals surface area contributed by atoms with Crippen LogP contribution in [-0.2, 0) is 4.79 Å². The van der Waals surface area contributed by atoms with Gasteiger partial charge in [-0.1, -0.05) is 18.2 Å². The summed E-state index contributed by atoms with van der Waals surface area (Å²) < 4.78 is 0. The van der Waals surface area contributed by atoms with Gasteiger partial charge in [-0.05, 0) is 25.0 Å². The second-order valence-corrected chi connectivity index (χ2v) is 3.52. The van der Waals surface area contributed by atoms with E-state index < -0.39 is 0 Å². The number of rotatable bonds is 5. The Morgan fingerprint density at radius 1 is 1.33 bits per heavy atom. The van der Waals surface area contributed by atoms with E-state index >= 15 is 0 Å². The van der Waals surface area contributed by atoms with Crippen LogP contribution in [0.2, 0.25) is 0 Å². The van der Waals surface area contributed by atoms with E-state index in [0.717, 1.165) is 18.7 Å². The van der Waals surface area contributed by atoms with Gasteiger partial charge in [0, 0.05) is 25.7 Å². The molecule has 0 spiro atoms. The van der Waals surface area contributed by atoms with Crippen molar-refractivity contribution in [3.63, 3.8) is 0 Å². The predicted octanol–water partition coefficient (Wildman–Crippen LogP) is 1.93. The summed E-state index contributed by atoms with van der Waals surface area (Å²) in [6.45, 7) is 2.90. The van der Waals surface area contributed by atoms with Crippen molar-refractivity contribution in [3.8, 4) is 0 Å². The summed E-state index contributed by atoms with van der Waals surface area (Å²) in [4.78, 5) is 11.0. The molecule has 0 saturated heterocycles. The average molecular weight is 206 g/mol. The lowest BCUT2D eigenvalue weighted by atomic mass is 10.2. The number of carbonyl (C=O) groups excluding carboxylic acids is 1. The third-order valence-corrected chi connectivity index (χ3v) is 2.32. The molecule has 0 saturated carbocycles. The second kappa shape index (κ2) is 6.06. The predicted molar refractivity (Wildman–Crippen MR) is 63.0 cm³/mol. The molecule has 0 radical (unpaired) electrons. The standard InChI is InChI=1S/C12H18N2O/c1-10-6-3-4-7-11(10)14-9-5-8-12(15)13-2/h3-4,6-7,14H,5,8-9H2,1-2H3,(H,13,15). The molecule has 0 aliphatic carbocycles. The molecule has 0 atom stereocenters. The first-order valence-corrected chi connectivity index (χ1v) is 5.24. The number of para-hydroxylation sites is 1. The quantitative estimate of drug-likeness (QED) is 0.723. The maximum Gasteiger partial charge on any atom is 0.219 e. The zero-order chi connectivity index (χ0) is 11.1. The summed E-state index contributed by atoms with van der Waals surface area (Å²) in [7, 11) is 1.66. The number of anilines is 1. The summed E-state index contributed by atoms with van der Waals surface area (Å²) in [6.07, 6.45) is 1.43. The number of amides is 1. The van der Waals surface area contributed by atoms with Gasteiger partial charge < -0.3 is 10.6 Å². The number of hydrogen-bond donors (Lipinski definition) is 2. The minimum atomic E-state index is 0.0987. The summed E-state index contributed by atoms with van der Waals surface area (Å²) in [5.74, 6) is 0.0987. The Morgan fingerprint density at radius 3 is 2.73 bits per heavy atom. The van der Waals surface area contributed by atoms with Gasteiger partial charge in [0.2, 0.25) is 5.91 Å². The summed E-state index contributed by atoms with van der Waals surface area (Å²) in [5.41, 5.74) is 2.38. The molecule has 0 aliphatic heterocycles. The van der Waals surface area contributed by atoms with Crippen LogP contribution >= 0.6 is 0 Å². The van der Waals surface area contributed by atoms with Gasteiger partial charge in [-0.25, -0.2) is 0 Å². The van der Waals surface area contributed by atoms with Gasteiger partial charge in [0.1, 0.15) is 0 Å². The first-order chi connectivity index (χ1) is 7.24. The molecule has 15 heavy (non-hydrogen) atoms. The van der Waals surface area contributed by atoms with E-state index in [-0.39, 0.29) is 5.91 Å². The number of benzene rings is 1. The summed E-state index contributed by atoms with van der Waals surface area (Å²) >= 11 is 0. The highest BCUT2D eigenvalue weighted by molar-refractivity contribution is 5.75. The zero-order valence-electron chi connectivity index (χ0n) is 9.34. The van der Waals surface area contributed by atoms with Crippen LogP contribution in [0, 0.1) is 6.92 Å². The van der Waals surface area contributed by atoms with Crippen molar-refractivity contribution in [2.75, 3.05) is 18.9 Å². The van der Waals surface area contributed by atoms with Crippen molar-refractivity contribution in [1.82, 2.24) is 5.32 Å². The normalized spacial score (nSPS) is 9.73. The molecule has 3 nitrogen and oxygen atoms in total. The molecular formula is C12H18N2O. The van der Waals surface area contributed by atoms with Crippen molar-refractivity contribution in [3.05, 3.63) is 29.8 Å². The van der Waals surface area contributed by atoms with Crippen LogP contribution < -0.4 is 10.6 Å². The lowest BCUT2D eigenvalue weighted by molar-refractivity contribution is -0.120. The van der Waals surface area contributed by atoms with Crippen LogP contribution in [0.4, 0.5) is 5.69 Å². The Balaban J connectivity index is 2.26. The van der Waals surface area contributed by atoms with E-state index in [4.69, 9.17) is 0 Å². The maximum atomic E-state index is 11.0. The van der Waals surface area contributed by atoms with Gasteiger partial charge in [-0.15, -0.1) is 0 Å². The van der Waals surface area contributed by atoms with Crippen LogP contribution in [0.5, 0.6) is 0 Å². The molecule has 2 N–H and O–H groups in total. The fourth-order valence-electron chi connectivity index (χ4n) is 1.37. The van der Waals surface area contributed by atoms with Gasteiger partial charge in [-0.2, -0.15) is 0 Å². The smallest absolute Gasteiger partial charge is 0.219 e. The Kier molecular flexibility index (Phi) is 4.68. The average Bonchev–Trinajstić information content (AvgIpc) is 2.26. The van der Waals surface area contributed by atoms with Crippen molar-refractivity contribution >= 4 is 11.6 Å². The van der Waals surface area contributed by atoms with Crippen LogP contribution in [0.15, 0.2) is 24.3 Å². The number of aryl methyl sites for hydroxylation is 1. The van der Waals surface area contributed by atoms with E-state index in [0.29, 0.717) is 6.42 Å². The fourth-order valence-corrected chi connectivity index (χ4v) is 1.37. The van der Waals surface area contributed by atoms with E-state index in [1.807, 2.05) is 12.1 Å². The third-order valence-electron chi connectivity index (χ3n) is 2.32. The van der Waals surface area contributed by atoms with E-state index in [1.165, 1.54) is 5.56 Å². The van der Waals surface area contributed by atoms with Crippen LogP contribution in [0.1, 0.15) is 18.4 Å². The van der Waals surface area contributed by atoms with Crippen molar-refractivity contribution in [1.29, 1.82) is 0 Å². The topological polar surface area (TPSA) is 41.1 Å².